The van der Waals surface area contributed by atoms with Gasteiger partial charge in [0.15, 0.2) is 0 Å². The summed E-state index contributed by atoms with van der Waals surface area (Å²) in [5, 5.41) is 11.7. The molecule has 7 nitrogen and oxygen atoms in total. The van der Waals surface area contributed by atoms with Crippen LogP contribution in [0.5, 0.6) is 0 Å². The molecular weight excluding hydrogens is 410 g/mol. The van der Waals surface area contributed by atoms with E-state index in [0.29, 0.717) is 5.92 Å². The van der Waals surface area contributed by atoms with Crippen LogP contribution in [0.1, 0.15) is 23.2 Å². The highest BCUT2D eigenvalue weighted by molar-refractivity contribution is 5.93. The van der Waals surface area contributed by atoms with Crippen LogP contribution in [-0.4, -0.2) is 72.4 Å². The molecule has 7 heteroatoms. The molecule has 1 fully saturated rings. The summed E-state index contributed by atoms with van der Waals surface area (Å²) in [6.07, 6.45) is 3.76. The Hall–Kier alpha value is -3.29. The molecule has 0 radical (unpaired) electrons. The minimum Gasteiger partial charge on any atom is -0.358 e. The first-order valence-corrected chi connectivity index (χ1v) is 11.5. The minimum absolute atomic E-state index is 0.242. The monoisotopic (exact) mass is 441 g/mol. The van der Waals surface area contributed by atoms with Gasteiger partial charge in [-0.25, -0.2) is 9.97 Å². The smallest absolute Gasteiger partial charge is 0.140 e. The molecule has 2 N–H and O–H groups in total. The quantitative estimate of drug-likeness (QED) is 0.457. The lowest BCUT2D eigenvalue weighted by molar-refractivity contribution is 0.416. The fraction of sp³-hybridized carbons (Fsp3) is 0.346. The molecule has 170 valence electrons. The Morgan fingerprint density at radius 3 is 2.48 bits per heavy atom. The van der Waals surface area contributed by atoms with Gasteiger partial charge in [-0.3, -0.25) is 5.10 Å². The van der Waals surface area contributed by atoms with Gasteiger partial charge in [0.2, 0.25) is 0 Å². The van der Waals surface area contributed by atoms with Crippen molar-refractivity contribution in [3.8, 4) is 11.1 Å². The Kier molecular flexibility index (Phi) is 6.07. The van der Waals surface area contributed by atoms with Crippen LogP contribution in [0.3, 0.4) is 0 Å². The number of benzene rings is 2. The zero-order chi connectivity index (χ0) is 22.8. The van der Waals surface area contributed by atoms with E-state index in [-0.39, 0.29) is 5.92 Å². The van der Waals surface area contributed by atoms with E-state index in [0.717, 1.165) is 59.9 Å². The third kappa shape index (κ3) is 4.47. The first kappa shape index (κ1) is 21.6. The molecule has 0 saturated carbocycles. The van der Waals surface area contributed by atoms with Crippen molar-refractivity contribution in [2.24, 2.45) is 0 Å². The van der Waals surface area contributed by atoms with Crippen LogP contribution in [0.2, 0.25) is 0 Å². The van der Waals surface area contributed by atoms with Crippen LogP contribution in [0, 0.1) is 0 Å². The van der Waals surface area contributed by atoms with Gasteiger partial charge in [0.25, 0.3) is 0 Å². The molecule has 4 aromatic rings. The number of likely N-dealkylation sites (N-methyl/N-ethyl adjacent to an activating group) is 2. The predicted octanol–water partition coefficient (Wildman–Crippen LogP) is 3.49. The summed E-state index contributed by atoms with van der Waals surface area (Å²) in [5.74, 6) is 2.52. The second kappa shape index (κ2) is 9.29. The molecule has 0 aliphatic carbocycles. The number of aromatic amines is 1. The van der Waals surface area contributed by atoms with Gasteiger partial charge in [0, 0.05) is 62.2 Å². The van der Waals surface area contributed by atoms with Gasteiger partial charge in [0.05, 0.1) is 11.7 Å². The van der Waals surface area contributed by atoms with E-state index >= 15 is 0 Å². The largest absolute Gasteiger partial charge is 0.358 e. The Morgan fingerprint density at radius 1 is 0.909 bits per heavy atom. The average Bonchev–Trinajstić information content (AvgIpc) is 3.55. The molecule has 2 atom stereocenters. The number of anilines is 1. The number of rotatable bonds is 7. The Bertz CT molecular complexity index is 1200. The van der Waals surface area contributed by atoms with E-state index in [1.807, 2.05) is 12.4 Å². The van der Waals surface area contributed by atoms with E-state index in [1.54, 1.807) is 0 Å². The van der Waals surface area contributed by atoms with Crippen LogP contribution in [0.4, 0.5) is 5.82 Å². The molecule has 33 heavy (non-hydrogen) atoms. The van der Waals surface area contributed by atoms with Crippen molar-refractivity contribution in [2.45, 2.75) is 11.8 Å². The summed E-state index contributed by atoms with van der Waals surface area (Å²) >= 11 is 0. The lowest BCUT2D eigenvalue weighted by Crippen LogP contribution is -2.29. The van der Waals surface area contributed by atoms with Crippen molar-refractivity contribution in [3.63, 3.8) is 0 Å². The second-order valence-corrected chi connectivity index (χ2v) is 9.13. The molecule has 2 aromatic carbocycles. The summed E-state index contributed by atoms with van der Waals surface area (Å²) in [5.41, 5.74) is 4.50. The Morgan fingerprint density at radius 2 is 1.73 bits per heavy atom. The van der Waals surface area contributed by atoms with Gasteiger partial charge in [0.1, 0.15) is 11.6 Å². The summed E-state index contributed by atoms with van der Waals surface area (Å²) in [7, 11) is 6.33. The maximum absolute atomic E-state index is 5.19. The SMILES string of the molecule is CN(C)CCN(C)c1nc([C@@H]2CNC[C@H]2c2ccccc2)nc2ccc(-c3cn[nH]c3)cc12. The van der Waals surface area contributed by atoms with Crippen molar-refractivity contribution in [3.05, 3.63) is 72.3 Å². The lowest BCUT2D eigenvalue weighted by atomic mass is 9.88. The molecular formula is C26H31N7. The van der Waals surface area contributed by atoms with E-state index in [4.69, 9.17) is 9.97 Å². The van der Waals surface area contributed by atoms with E-state index < -0.39 is 0 Å². The summed E-state index contributed by atoms with van der Waals surface area (Å²) in [4.78, 5) is 14.7. The van der Waals surface area contributed by atoms with Gasteiger partial charge in [-0.2, -0.15) is 5.10 Å². The molecule has 0 unspecified atom stereocenters. The molecule has 2 aromatic heterocycles. The van der Waals surface area contributed by atoms with Crippen LogP contribution >= 0.6 is 0 Å². The predicted molar refractivity (Wildman–Crippen MR) is 134 cm³/mol. The third-order valence-electron chi connectivity index (χ3n) is 6.54. The summed E-state index contributed by atoms with van der Waals surface area (Å²) < 4.78 is 0. The van der Waals surface area contributed by atoms with Gasteiger partial charge < -0.3 is 15.1 Å². The molecule has 0 amide bonds. The van der Waals surface area contributed by atoms with Crippen LogP contribution in [0.25, 0.3) is 22.0 Å². The number of aromatic nitrogens is 4. The average molecular weight is 442 g/mol. The standard InChI is InChI=1S/C26H31N7/c1-32(2)11-12-33(3)26-21-13-19(20-14-28-29-15-20)9-10-24(21)30-25(31-26)23-17-27-16-22(23)18-7-5-4-6-8-18/h4-10,13-15,22-23,27H,11-12,16-17H2,1-3H3,(H,28,29)/t22-,23+/m0/s1. The Balaban J connectivity index is 1.59. The molecule has 3 heterocycles. The highest BCUT2D eigenvalue weighted by Gasteiger charge is 2.32. The van der Waals surface area contributed by atoms with Crippen LogP contribution < -0.4 is 10.2 Å². The first-order valence-electron chi connectivity index (χ1n) is 11.5. The third-order valence-corrected chi connectivity index (χ3v) is 6.54. The number of hydrogen-bond donors (Lipinski definition) is 2. The second-order valence-electron chi connectivity index (χ2n) is 9.13. The number of hydrogen-bond acceptors (Lipinski definition) is 6. The topological polar surface area (TPSA) is 73.0 Å². The molecule has 1 saturated heterocycles. The Labute approximate surface area is 194 Å². The molecule has 1 aliphatic rings. The van der Waals surface area contributed by atoms with Crippen molar-refractivity contribution in [1.82, 2.24) is 30.4 Å². The summed E-state index contributed by atoms with van der Waals surface area (Å²) in [6.45, 7) is 3.68. The summed E-state index contributed by atoms with van der Waals surface area (Å²) in [6, 6.07) is 17.2. The number of fused-ring (bicyclic) bond motifs is 1. The fourth-order valence-corrected chi connectivity index (χ4v) is 4.63. The van der Waals surface area contributed by atoms with Crippen molar-refractivity contribution >= 4 is 16.7 Å². The lowest BCUT2D eigenvalue weighted by Gasteiger charge is -2.24. The van der Waals surface area contributed by atoms with Gasteiger partial charge >= 0.3 is 0 Å². The molecule has 0 spiro atoms. The number of nitrogens with one attached hydrogen (secondary N) is 2. The van der Waals surface area contributed by atoms with Gasteiger partial charge in [-0.1, -0.05) is 36.4 Å². The zero-order valence-electron chi connectivity index (χ0n) is 19.5. The zero-order valence-corrected chi connectivity index (χ0v) is 19.5. The minimum atomic E-state index is 0.242. The van der Waals surface area contributed by atoms with Crippen LogP contribution in [-0.2, 0) is 0 Å². The highest BCUT2D eigenvalue weighted by atomic mass is 15.2. The van der Waals surface area contributed by atoms with Gasteiger partial charge in [-0.15, -0.1) is 0 Å². The molecule has 1 aliphatic heterocycles. The van der Waals surface area contributed by atoms with Crippen molar-refractivity contribution in [1.29, 1.82) is 0 Å². The molecule has 5 rings (SSSR count). The molecule has 0 bridgehead atoms. The number of nitrogens with zero attached hydrogens (tertiary/aromatic N) is 5. The van der Waals surface area contributed by atoms with Crippen molar-refractivity contribution in [2.75, 3.05) is 52.2 Å². The highest BCUT2D eigenvalue weighted by Crippen LogP contribution is 2.37. The van der Waals surface area contributed by atoms with Crippen molar-refractivity contribution < 1.29 is 0 Å². The normalized spacial score (nSPS) is 18.3. The fourth-order valence-electron chi connectivity index (χ4n) is 4.63. The van der Waals surface area contributed by atoms with Gasteiger partial charge in [-0.05, 0) is 37.4 Å². The number of H-pyrrole nitrogens is 1. The van der Waals surface area contributed by atoms with E-state index in [9.17, 15) is 0 Å². The maximum atomic E-state index is 5.19. The maximum Gasteiger partial charge on any atom is 0.140 e. The first-order chi connectivity index (χ1) is 16.1. The van der Waals surface area contributed by atoms with E-state index in [1.165, 1.54) is 5.56 Å². The van der Waals surface area contributed by atoms with Crippen LogP contribution in [0.15, 0.2) is 60.9 Å². The van der Waals surface area contributed by atoms with E-state index in [2.05, 4.69) is 95.0 Å².